The van der Waals surface area contributed by atoms with Crippen molar-refractivity contribution in [3.8, 4) is 0 Å². The van der Waals surface area contributed by atoms with Gasteiger partial charge >= 0.3 is 0 Å². The first-order chi connectivity index (χ1) is 7.01. The quantitative estimate of drug-likeness (QED) is 0.800. The number of rotatable bonds is 5. The minimum atomic E-state index is -3.48. The van der Waals surface area contributed by atoms with Crippen LogP contribution in [0.5, 0.6) is 0 Å². The molecule has 1 rings (SSSR count). The highest BCUT2D eigenvalue weighted by molar-refractivity contribution is 7.89. The molecule has 1 aromatic rings. The van der Waals surface area contributed by atoms with Crippen LogP contribution in [0.25, 0.3) is 0 Å². The maximum absolute atomic E-state index is 10.9. The Labute approximate surface area is 90.1 Å². The molecule has 1 aromatic carbocycles. The van der Waals surface area contributed by atoms with Gasteiger partial charge in [-0.2, -0.15) is 0 Å². The van der Waals surface area contributed by atoms with E-state index in [1.165, 1.54) is 7.11 Å². The Morgan fingerprint density at radius 1 is 1.33 bits per heavy atom. The summed E-state index contributed by atoms with van der Waals surface area (Å²) >= 11 is 0. The molecule has 0 aliphatic rings. The lowest BCUT2D eigenvalue weighted by Gasteiger charge is -2.13. The van der Waals surface area contributed by atoms with E-state index in [0.29, 0.717) is 6.42 Å². The standard InChI is InChI=1S/C10H15NO3S/c1-14-10(8-15(11,12)13)7-9-5-3-2-4-6-9/h2-6,10H,7-8H2,1H3,(H2,11,12,13). The van der Waals surface area contributed by atoms with Crippen LogP contribution in [0.2, 0.25) is 0 Å². The van der Waals surface area contributed by atoms with Crippen LogP contribution in [0, 0.1) is 0 Å². The Morgan fingerprint density at radius 2 is 1.93 bits per heavy atom. The molecule has 0 heterocycles. The minimum absolute atomic E-state index is 0.154. The molecular formula is C10H15NO3S. The van der Waals surface area contributed by atoms with Crippen LogP contribution in [-0.4, -0.2) is 27.4 Å². The summed E-state index contributed by atoms with van der Waals surface area (Å²) < 4.78 is 26.8. The summed E-state index contributed by atoms with van der Waals surface area (Å²) in [4.78, 5) is 0. The van der Waals surface area contributed by atoms with E-state index in [1.807, 2.05) is 30.3 Å². The summed E-state index contributed by atoms with van der Waals surface area (Å²) in [5, 5.41) is 4.96. The molecule has 1 unspecified atom stereocenters. The van der Waals surface area contributed by atoms with Crippen molar-refractivity contribution < 1.29 is 13.2 Å². The van der Waals surface area contributed by atoms with E-state index in [4.69, 9.17) is 9.88 Å². The van der Waals surface area contributed by atoms with Crippen molar-refractivity contribution in [2.75, 3.05) is 12.9 Å². The van der Waals surface area contributed by atoms with Crippen LogP contribution in [0.15, 0.2) is 30.3 Å². The number of nitrogens with two attached hydrogens (primary N) is 1. The van der Waals surface area contributed by atoms with E-state index in [2.05, 4.69) is 0 Å². The highest BCUT2D eigenvalue weighted by Crippen LogP contribution is 2.06. The molecule has 15 heavy (non-hydrogen) atoms. The first-order valence-electron chi connectivity index (χ1n) is 4.58. The van der Waals surface area contributed by atoms with Crippen molar-refractivity contribution in [1.82, 2.24) is 0 Å². The van der Waals surface area contributed by atoms with Crippen LogP contribution in [0.3, 0.4) is 0 Å². The highest BCUT2D eigenvalue weighted by Gasteiger charge is 2.15. The number of benzene rings is 1. The van der Waals surface area contributed by atoms with Gasteiger partial charge < -0.3 is 4.74 Å². The van der Waals surface area contributed by atoms with Crippen molar-refractivity contribution >= 4 is 10.0 Å². The molecule has 1 atom stereocenters. The molecule has 0 bridgehead atoms. The summed E-state index contributed by atoms with van der Waals surface area (Å²) in [7, 11) is -2.00. The molecule has 0 fully saturated rings. The van der Waals surface area contributed by atoms with Crippen LogP contribution < -0.4 is 5.14 Å². The summed E-state index contributed by atoms with van der Waals surface area (Å²) in [6.45, 7) is 0. The largest absolute Gasteiger partial charge is 0.380 e. The van der Waals surface area contributed by atoms with Gasteiger partial charge in [0.15, 0.2) is 0 Å². The Balaban J connectivity index is 2.63. The van der Waals surface area contributed by atoms with Crippen molar-refractivity contribution in [1.29, 1.82) is 0 Å². The van der Waals surface area contributed by atoms with Crippen LogP contribution in [0.1, 0.15) is 5.56 Å². The SMILES string of the molecule is COC(Cc1ccccc1)CS(N)(=O)=O. The summed E-state index contributed by atoms with van der Waals surface area (Å²) in [5.41, 5.74) is 1.04. The average Bonchev–Trinajstić information content (AvgIpc) is 2.16. The fourth-order valence-electron chi connectivity index (χ4n) is 1.35. The maximum atomic E-state index is 10.9. The Morgan fingerprint density at radius 3 is 2.40 bits per heavy atom. The minimum Gasteiger partial charge on any atom is -0.380 e. The molecule has 84 valence electrons. The van der Waals surface area contributed by atoms with E-state index < -0.39 is 10.0 Å². The molecule has 0 saturated heterocycles. The molecule has 0 aliphatic carbocycles. The second-order valence-electron chi connectivity index (χ2n) is 3.38. The van der Waals surface area contributed by atoms with Gasteiger partial charge in [-0.1, -0.05) is 30.3 Å². The zero-order valence-corrected chi connectivity index (χ0v) is 9.41. The van der Waals surface area contributed by atoms with Gasteiger partial charge in [0, 0.05) is 7.11 Å². The predicted molar refractivity (Wildman–Crippen MR) is 58.9 cm³/mol. The third-order valence-corrected chi connectivity index (χ3v) is 2.89. The van der Waals surface area contributed by atoms with Gasteiger partial charge in [-0.15, -0.1) is 0 Å². The molecule has 5 heteroatoms. The second-order valence-corrected chi connectivity index (χ2v) is 5.04. The Bertz CT molecular complexity index is 388. The molecule has 2 N–H and O–H groups in total. The molecule has 4 nitrogen and oxygen atoms in total. The van der Waals surface area contributed by atoms with Crippen molar-refractivity contribution in [3.63, 3.8) is 0 Å². The van der Waals surface area contributed by atoms with Crippen LogP contribution >= 0.6 is 0 Å². The zero-order valence-electron chi connectivity index (χ0n) is 8.59. The number of methoxy groups -OCH3 is 1. The van der Waals surface area contributed by atoms with Gasteiger partial charge in [-0.25, -0.2) is 13.6 Å². The normalized spacial score (nSPS) is 13.7. The Kier molecular flexibility index (Phi) is 4.26. The van der Waals surface area contributed by atoms with Crippen LogP contribution in [-0.2, 0) is 21.2 Å². The second kappa shape index (κ2) is 5.25. The van der Waals surface area contributed by atoms with Crippen molar-refractivity contribution in [2.24, 2.45) is 5.14 Å². The van der Waals surface area contributed by atoms with Gasteiger partial charge in [-0.3, -0.25) is 0 Å². The molecular weight excluding hydrogens is 214 g/mol. The summed E-state index contributed by atoms with van der Waals surface area (Å²) in [6.07, 6.45) is 0.163. The topological polar surface area (TPSA) is 69.4 Å². The van der Waals surface area contributed by atoms with Gasteiger partial charge in [0.25, 0.3) is 0 Å². The van der Waals surface area contributed by atoms with E-state index in [0.717, 1.165) is 5.56 Å². The third-order valence-electron chi connectivity index (χ3n) is 2.06. The number of hydrogen-bond donors (Lipinski definition) is 1. The fourth-order valence-corrected chi connectivity index (χ4v) is 2.12. The Hall–Kier alpha value is -0.910. The zero-order chi connectivity index (χ0) is 11.3. The lowest BCUT2D eigenvalue weighted by molar-refractivity contribution is 0.121. The average molecular weight is 229 g/mol. The van der Waals surface area contributed by atoms with Gasteiger partial charge in [0.05, 0.1) is 11.9 Å². The number of hydrogen-bond acceptors (Lipinski definition) is 3. The van der Waals surface area contributed by atoms with E-state index in [-0.39, 0.29) is 11.9 Å². The van der Waals surface area contributed by atoms with E-state index in [1.54, 1.807) is 0 Å². The molecule has 0 radical (unpaired) electrons. The van der Waals surface area contributed by atoms with Crippen molar-refractivity contribution in [3.05, 3.63) is 35.9 Å². The molecule has 0 amide bonds. The summed E-state index contributed by atoms with van der Waals surface area (Å²) in [5.74, 6) is -0.154. The van der Waals surface area contributed by atoms with E-state index >= 15 is 0 Å². The summed E-state index contributed by atoms with van der Waals surface area (Å²) in [6, 6.07) is 9.56. The lowest BCUT2D eigenvalue weighted by Crippen LogP contribution is -2.29. The van der Waals surface area contributed by atoms with Crippen molar-refractivity contribution in [2.45, 2.75) is 12.5 Å². The van der Waals surface area contributed by atoms with Crippen LogP contribution in [0.4, 0.5) is 0 Å². The molecule has 0 aromatic heterocycles. The first-order valence-corrected chi connectivity index (χ1v) is 6.30. The predicted octanol–water partition coefficient (Wildman–Crippen LogP) is 0.533. The smallest absolute Gasteiger partial charge is 0.211 e. The third kappa shape index (κ3) is 4.92. The molecule has 0 saturated carbocycles. The van der Waals surface area contributed by atoms with Gasteiger partial charge in [0.2, 0.25) is 10.0 Å². The van der Waals surface area contributed by atoms with Gasteiger partial charge in [0.1, 0.15) is 0 Å². The maximum Gasteiger partial charge on any atom is 0.211 e. The first kappa shape index (κ1) is 12.2. The molecule has 0 aliphatic heterocycles. The number of ether oxygens (including phenoxy) is 1. The number of primary sulfonamides is 1. The van der Waals surface area contributed by atoms with E-state index in [9.17, 15) is 8.42 Å². The molecule has 0 spiro atoms. The van der Waals surface area contributed by atoms with Gasteiger partial charge in [-0.05, 0) is 12.0 Å². The highest BCUT2D eigenvalue weighted by atomic mass is 32.2. The number of sulfonamides is 1. The fraction of sp³-hybridized carbons (Fsp3) is 0.400. The lowest BCUT2D eigenvalue weighted by atomic mass is 10.1. The monoisotopic (exact) mass is 229 g/mol.